The van der Waals surface area contributed by atoms with Gasteiger partial charge in [-0.25, -0.2) is 4.98 Å². The van der Waals surface area contributed by atoms with Crippen LogP contribution >= 0.6 is 22.9 Å². The van der Waals surface area contributed by atoms with Crippen LogP contribution in [0, 0.1) is 12.8 Å². The normalized spacial score (nSPS) is 13.0. The second-order valence-corrected chi connectivity index (χ2v) is 6.40. The van der Waals surface area contributed by atoms with Gasteiger partial charge in [-0.2, -0.15) is 0 Å². The van der Waals surface area contributed by atoms with Crippen molar-refractivity contribution in [2.45, 2.75) is 26.8 Å². The van der Waals surface area contributed by atoms with Gasteiger partial charge in [0.25, 0.3) is 0 Å². The van der Waals surface area contributed by atoms with E-state index in [0.29, 0.717) is 5.92 Å². The maximum absolute atomic E-state index is 6.15. The molecule has 2 nitrogen and oxygen atoms in total. The number of rotatable bonds is 3. The fraction of sp³-hybridized carbons (Fsp3) is 0.357. The second kappa shape index (κ2) is 5.39. The molecule has 0 bridgehead atoms. The lowest BCUT2D eigenvalue weighted by atomic mass is 10.1. The molecule has 2 N–H and O–H groups in total. The van der Waals surface area contributed by atoms with Gasteiger partial charge in [0.1, 0.15) is 5.01 Å². The molecule has 1 heterocycles. The molecule has 18 heavy (non-hydrogen) atoms. The van der Waals surface area contributed by atoms with Crippen molar-refractivity contribution < 1.29 is 0 Å². The van der Waals surface area contributed by atoms with Gasteiger partial charge in [-0.15, -0.1) is 11.3 Å². The van der Waals surface area contributed by atoms with Gasteiger partial charge in [-0.3, -0.25) is 0 Å². The van der Waals surface area contributed by atoms with E-state index in [1.54, 1.807) is 11.3 Å². The average molecular weight is 281 g/mol. The summed E-state index contributed by atoms with van der Waals surface area (Å²) in [5.74, 6) is 0.397. The van der Waals surface area contributed by atoms with Crippen LogP contribution < -0.4 is 5.73 Å². The number of aromatic nitrogens is 1. The van der Waals surface area contributed by atoms with Crippen molar-refractivity contribution in [2.24, 2.45) is 11.7 Å². The van der Waals surface area contributed by atoms with E-state index in [4.69, 9.17) is 17.3 Å². The Balaban J connectivity index is 2.38. The van der Waals surface area contributed by atoms with Crippen LogP contribution in [0.25, 0.3) is 11.3 Å². The summed E-state index contributed by atoms with van der Waals surface area (Å²) in [6.07, 6.45) is 0. The Morgan fingerprint density at radius 3 is 2.39 bits per heavy atom. The summed E-state index contributed by atoms with van der Waals surface area (Å²) in [5.41, 5.74) is 8.26. The molecule has 96 valence electrons. The molecule has 1 aromatic carbocycles. The van der Waals surface area contributed by atoms with Crippen molar-refractivity contribution in [2.75, 3.05) is 0 Å². The molecule has 0 aliphatic heterocycles. The lowest BCUT2D eigenvalue weighted by Gasteiger charge is -2.11. The highest BCUT2D eigenvalue weighted by Gasteiger charge is 2.17. The maximum atomic E-state index is 6.15. The topological polar surface area (TPSA) is 38.9 Å². The smallest absolute Gasteiger partial charge is 0.111 e. The van der Waals surface area contributed by atoms with Crippen molar-refractivity contribution in [3.63, 3.8) is 0 Å². The monoisotopic (exact) mass is 280 g/mol. The Labute approximate surface area is 117 Å². The molecule has 0 saturated carbocycles. The molecule has 0 amide bonds. The molecule has 2 aromatic rings. The molecular formula is C14H17ClN2S. The minimum atomic E-state index is 0.00903. The van der Waals surface area contributed by atoms with E-state index in [2.05, 4.69) is 25.8 Å². The van der Waals surface area contributed by atoms with Crippen molar-refractivity contribution in [3.8, 4) is 11.3 Å². The maximum Gasteiger partial charge on any atom is 0.111 e. The predicted octanol–water partition coefficient (Wildman–Crippen LogP) is 4.43. The summed E-state index contributed by atoms with van der Waals surface area (Å²) in [6, 6.07) is 7.77. The minimum Gasteiger partial charge on any atom is -0.322 e. The Hall–Kier alpha value is -0.900. The van der Waals surface area contributed by atoms with E-state index >= 15 is 0 Å². The summed E-state index contributed by atoms with van der Waals surface area (Å²) in [4.78, 5) is 5.88. The van der Waals surface area contributed by atoms with E-state index in [1.807, 2.05) is 24.3 Å². The van der Waals surface area contributed by atoms with Crippen LogP contribution in [0.4, 0.5) is 0 Å². The highest BCUT2D eigenvalue weighted by molar-refractivity contribution is 7.12. The number of halogens is 1. The third kappa shape index (κ3) is 2.74. The van der Waals surface area contributed by atoms with Crippen LogP contribution in [-0.2, 0) is 0 Å². The Morgan fingerprint density at radius 2 is 1.83 bits per heavy atom. The molecular weight excluding hydrogens is 264 g/mol. The molecule has 1 unspecified atom stereocenters. The number of nitrogens with two attached hydrogens (primary N) is 1. The Bertz CT molecular complexity index is 531. The molecule has 2 rings (SSSR count). The lowest BCUT2D eigenvalue weighted by molar-refractivity contribution is 0.512. The summed E-state index contributed by atoms with van der Waals surface area (Å²) < 4.78 is 0. The third-order valence-corrected chi connectivity index (χ3v) is 4.26. The van der Waals surface area contributed by atoms with Gasteiger partial charge in [0, 0.05) is 15.5 Å². The van der Waals surface area contributed by atoms with E-state index in [9.17, 15) is 0 Å². The number of benzene rings is 1. The van der Waals surface area contributed by atoms with Crippen molar-refractivity contribution >= 4 is 22.9 Å². The van der Waals surface area contributed by atoms with E-state index in [-0.39, 0.29) is 6.04 Å². The first kappa shape index (κ1) is 13.5. The van der Waals surface area contributed by atoms with Crippen molar-refractivity contribution in [1.29, 1.82) is 0 Å². The van der Waals surface area contributed by atoms with Crippen molar-refractivity contribution in [1.82, 2.24) is 4.98 Å². The quantitative estimate of drug-likeness (QED) is 0.903. The fourth-order valence-electron chi connectivity index (χ4n) is 1.72. The van der Waals surface area contributed by atoms with E-state index in [0.717, 1.165) is 21.3 Å². The van der Waals surface area contributed by atoms with Gasteiger partial charge in [0.15, 0.2) is 0 Å². The SMILES string of the molecule is Cc1sc(C(N)C(C)C)nc1-c1ccc(Cl)cc1. The molecule has 1 aromatic heterocycles. The molecule has 0 radical (unpaired) electrons. The zero-order chi connectivity index (χ0) is 13.3. The van der Waals surface area contributed by atoms with Gasteiger partial charge in [0.2, 0.25) is 0 Å². The molecule has 0 fully saturated rings. The van der Waals surface area contributed by atoms with E-state index in [1.165, 1.54) is 4.88 Å². The summed E-state index contributed by atoms with van der Waals surface area (Å²) >= 11 is 7.58. The molecule has 0 saturated heterocycles. The Kier molecular flexibility index (Phi) is 4.05. The summed E-state index contributed by atoms with van der Waals surface area (Å²) in [7, 11) is 0. The second-order valence-electron chi connectivity index (χ2n) is 4.73. The highest BCUT2D eigenvalue weighted by Crippen LogP contribution is 2.32. The summed E-state index contributed by atoms with van der Waals surface area (Å²) in [5, 5.41) is 1.75. The first-order valence-electron chi connectivity index (χ1n) is 5.98. The fourth-order valence-corrected chi connectivity index (χ4v) is 2.97. The number of hydrogen-bond donors (Lipinski definition) is 1. The van der Waals surface area contributed by atoms with Crippen LogP contribution in [0.1, 0.15) is 29.8 Å². The van der Waals surface area contributed by atoms with Crippen LogP contribution in [0.3, 0.4) is 0 Å². The predicted molar refractivity (Wildman–Crippen MR) is 79.1 cm³/mol. The number of thiazole rings is 1. The number of hydrogen-bond acceptors (Lipinski definition) is 3. The molecule has 1 atom stereocenters. The van der Waals surface area contributed by atoms with E-state index < -0.39 is 0 Å². The van der Waals surface area contributed by atoms with Crippen LogP contribution in [0.2, 0.25) is 5.02 Å². The van der Waals surface area contributed by atoms with Crippen LogP contribution in [0.15, 0.2) is 24.3 Å². The largest absolute Gasteiger partial charge is 0.322 e. The summed E-state index contributed by atoms with van der Waals surface area (Å²) in [6.45, 7) is 6.31. The number of nitrogens with zero attached hydrogens (tertiary/aromatic N) is 1. The van der Waals surface area contributed by atoms with Gasteiger partial charge >= 0.3 is 0 Å². The van der Waals surface area contributed by atoms with Crippen LogP contribution in [-0.4, -0.2) is 4.98 Å². The zero-order valence-corrected chi connectivity index (χ0v) is 12.3. The average Bonchev–Trinajstić information content (AvgIpc) is 2.71. The molecule has 0 aliphatic rings. The standard InChI is InChI=1S/C14H17ClN2S/c1-8(2)12(16)14-17-13(9(3)18-14)10-4-6-11(15)7-5-10/h4-8,12H,16H2,1-3H3. The number of aryl methyl sites for hydroxylation is 1. The lowest BCUT2D eigenvalue weighted by Crippen LogP contribution is -2.16. The van der Waals surface area contributed by atoms with Crippen LogP contribution in [0.5, 0.6) is 0 Å². The van der Waals surface area contributed by atoms with Gasteiger partial charge in [-0.05, 0) is 25.0 Å². The molecule has 4 heteroatoms. The molecule has 0 spiro atoms. The first-order chi connectivity index (χ1) is 8.49. The van der Waals surface area contributed by atoms with Gasteiger partial charge < -0.3 is 5.73 Å². The Morgan fingerprint density at radius 1 is 1.22 bits per heavy atom. The van der Waals surface area contributed by atoms with Gasteiger partial charge in [-0.1, -0.05) is 37.6 Å². The highest BCUT2D eigenvalue weighted by atomic mass is 35.5. The first-order valence-corrected chi connectivity index (χ1v) is 7.17. The third-order valence-electron chi connectivity index (χ3n) is 2.93. The minimum absolute atomic E-state index is 0.00903. The van der Waals surface area contributed by atoms with Gasteiger partial charge in [0.05, 0.1) is 11.7 Å². The van der Waals surface area contributed by atoms with Crippen molar-refractivity contribution in [3.05, 3.63) is 39.2 Å². The zero-order valence-electron chi connectivity index (χ0n) is 10.8. The molecule has 0 aliphatic carbocycles.